The van der Waals surface area contributed by atoms with E-state index in [1.54, 1.807) is 30.3 Å². The predicted octanol–water partition coefficient (Wildman–Crippen LogP) is 1.88. The normalized spacial score (nSPS) is 10.5. The molecule has 0 atom stereocenters. The van der Waals surface area contributed by atoms with Gasteiger partial charge in [0.2, 0.25) is 11.2 Å². The van der Waals surface area contributed by atoms with Crippen LogP contribution in [0.15, 0.2) is 53.3 Å². The monoisotopic (exact) mass is 281 g/mol. The van der Waals surface area contributed by atoms with Gasteiger partial charge in [-0.1, -0.05) is 18.2 Å². The van der Waals surface area contributed by atoms with Crippen molar-refractivity contribution in [1.29, 1.82) is 0 Å². The molecule has 0 bridgehead atoms. The predicted molar refractivity (Wildman–Crippen MR) is 78.4 cm³/mol. The van der Waals surface area contributed by atoms with Gasteiger partial charge >= 0.3 is 0 Å². The lowest BCUT2D eigenvalue weighted by Crippen LogP contribution is -2.20. The minimum Gasteiger partial charge on any atom is -0.508 e. The standard InChI is InChI=1S/C15H11N3O3/c19-10-5-3-4-9(8-10)15(21)16-14-13(20)11-6-1-2-7-12(11)17-18-14/h1-8,19H,(H,17,20)(H,16,18,21). The number of benzene rings is 2. The van der Waals surface area contributed by atoms with Crippen molar-refractivity contribution in [2.24, 2.45) is 0 Å². The zero-order valence-electron chi connectivity index (χ0n) is 10.8. The van der Waals surface area contributed by atoms with Crippen LogP contribution in [-0.4, -0.2) is 21.2 Å². The maximum Gasteiger partial charge on any atom is 0.257 e. The van der Waals surface area contributed by atoms with Crippen LogP contribution < -0.4 is 10.7 Å². The second-order valence-electron chi connectivity index (χ2n) is 4.45. The van der Waals surface area contributed by atoms with Gasteiger partial charge in [0.05, 0.1) is 10.9 Å². The van der Waals surface area contributed by atoms with Gasteiger partial charge in [0.25, 0.3) is 5.91 Å². The lowest BCUT2D eigenvalue weighted by molar-refractivity contribution is 0.102. The zero-order valence-corrected chi connectivity index (χ0v) is 10.8. The van der Waals surface area contributed by atoms with Crippen LogP contribution in [0.1, 0.15) is 10.4 Å². The quantitative estimate of drug-likeness (QED) is 0.668. The molecule has 104 valence electrons. The number of nitrogens with zero attached hydrogens (tertiary/aromatic N) is 1. The first-order chi connectivity index (χ1) is 10.1. The molecule has 0 unspecified atom stereocenters. The molecule has 0 spiro atoms. The summed E-state index contributed by atoms with van der Waals surface area (Å²) >= 11 is 0. The lowest BCUT2D eigenvalue weighted by Gasteiger charge is -2.05. The number of aromatic nitrogens is 2. The minimum absolute atomic E-state index is 0.0250. The summed E-state index contributed by atoms with van der Waals surface area (Å²) in [5.74, 6) is -0.621. The number of phenols is 1. The Morgan fingerprint density at radius 2 is 1.95 bits per heavy atom. The Bertz CT molecular complexity index is 886. The molecule has 1 aromatic heterocycles. The molecule has 0 radical (unpaired) electrons. The number of hydrogen-bond acceptors (Lipinski definition) is 4. The van der Waals surface area contributed by atoms with Gasteiger partial charge in [0.15, 0.2) is 0 Å². The van der Waals surface area contributed by atoms with E-state index in [4.69, 9.17) is 0 Å². The van der Waals surface area contributed by atoms with E-state index in [0.717, 1.165) is 0 Å². The third kappa shape index (κ3) is 2.46. The molecule has 3 aromatic rings. The van der Waals surface area contributed by atoms with Gasteiger partial charge in [-0.05, 0) is 30.3 Å². The van der Waals surface area contributed by atoms with E-state index < -0.39 is 5.91 Å². The van der Waals surface area contributed by atoms with E-state index in [2.05, 4.69) is 15.5 Å². The van der Waals surface area contributed by atoms with Crippen LogP contribution in [-0.2, 0) is 0 Å². The Kier molecular flexibility index (Phi) is 3.12. The molecule has 6 nitrogen and oxygen atoms in total. The first-order valence-electron chi connectivity index (χ1n) is 6.23. The van der Waals surface area contributed by atoms with E-state index in [1.807, 2.05) is 0 Å². The molecular formula is C15H11N3O3. The van der Waals surface area contributed by atoms with E-state index >= 15 is 0 Å². The fourth-order valence-corrected chi connectivity index (χ4v) is 1.98. The highest BCUT2D eigenvalue weighted by atomic mass is 16.3. The molecule has 0 saturated heterocycles. The maximum atomic E-state index is 12.2. The molecule has 0 aliphatic rings. The fourth-order valence-electron chi connectivity index (χ4n) is 1.98. The summed E-state index contributed by atoms with van der Waals surface area (Å²) in [5.41, 5.74) is 0.472. The van der Waals surface area contributed by atoms with Gasteiger partial charge in [0, 0.05) is 5.56 Å². The molecule has 3 rings (SSSR count). The molecule has 0 saturated carbocycles. The number of amides is 1. The van der Waals surface area contributed by atoms with Crippen molar-refractivity contribution in [2.75, 3.05) is 5.32 Å². The first kappa shape index (κ1) is 12.9. The molecule has 21 heavy (non-hydrogen) atoms. The average Bonchev–Trinajstić information content (AvgIpc) is 2.50. The maximum absolute atomic E-state index is 12.2. The average molecular weight is 281 g/mol. The topological polar surface area (TPSA) is 95.1 Å². The van der Waals surface area contributed by atoms with Crippen molar-refractivity contribution < 1.29 is 9.90 Å². The molecule has 1 heterocycles. The minimum atomic E-state index is -0.515. The number of nitrogens with one attached hydrogen (secondary N) is 2. The number of carbonyl (C=O) groups excluding carboxylic acids is 1. The van der Waals surface area contributed by atoms with Crippen LogP contribution in [0.5, 0.6) is 5.75 Å². The van der Waals surface area contributed by atoms with E-state index in [1.165, 1.54) is 18.2 Å². The third-order valence-electron chi connectivity index (χ3n) is 3.02. The summed E-state index contributed by atoms with van der Waals surface area (Å²) in [6.07, 6.45) is 0. The number of fused-ring (bicyclic) bond motifs is 1. The van der Waals surface area contributed by atoms with Gasteiger partial charge < -0.3 is 10.4 Å². The summed E-state index contributed by atoms with van der Waals surface area (Å²) in [5, 5.41) is 18.8. The Balaban J connectivity index is 1.97. The molecule has 0 fully saturated rings. The van der Waals surface area contributed by atoms with Gasteiger partial charge in [0.1, 0.15) is 5.75 Å². The van der Waals surface area contributed by atoms with Crippen molar-refractivity contribution in [3.05, 3.63) is 64.3 Å². The number of anilines is 1. The largest absolute Gasteiger partial charge is 0.508 e. The first-order valence-corrected chi connectivity index (χ1v) is 6.23. The zero-order chi connectivity index (χ0) is 14.8. The van der Waals surface area contributed by atoms with Crippen LogP contribution in [0.4, 0.5) is 5.82 Å². The summed E-state index contributed by atoms with van der Waals surface area (Å²) in [7, 11) is 0. The number of carbonyl (C=O) groups is 1. The third-order valence-corrected chi connectivity index (χ3v) is 3.02. The van der Waals surface area contributed by atoms with Gasteiger partial charge in [-0.25, -0.2) is 0 Å². The van der Waals surface area contributed by atoms with Crippen LogP contribution in [0, 0.1) is 0 Å². The Labute approximate surface area is 119 Å². The molecule has 6 heteroatoms. The second kappa shape index (κ2) is 5.09. The van der Waals surface area contributed by atoms with Gasteiger partial charge in [-0.3, -0.25) is 14.7 Å². The molecule has 2 aromatic carbocycles. The number of aromatic hydroxyl groups is 1. The number of phenolic OH excluding ortho intramolecular Hbond substituents is 1. The fraction of sp³-hybridized carbons (Fsp3) is 0. The number of para-hydroxylation sites is 1. The SMILES string of the molecule is O=C(Nc1n[nH]c2ccccc2c1=O)c1cccc(O)c1. The van der Waals surface area contributed by atoms with E-state index in [0.29, 0.717) is 10.9 Å². The summed E-state index contributed by atoms with van der Waals surface area (Å²) in [6, 6.07) is 12.7. The van der Waals surface area contributed by atoms with Crippen LogP contribution in [0.3, 0.4) is 0 Å². The van der Waals surface area contributed by atoms with Gasteiger partial charge in [-0.2, -0.15) is 5.10 Å². The molecular weight excluding hydrogens is 270 g/mol. The van der Waals surface area contributed by atoms with E-state index in [9.17, 15) is 14.7 Å². The highest BCUT2D eigenvalue weighted by Gasteiger charge is 2.12. The highest BCUT2D eigenvalue weighted by molar-refractivity contribution is 6.04. The van der Waals surface area contributed by atoms with Crippen molar-refractivity contribution in [3.8, 4) is 5.75 Å². The number of rotatable bonds is 2. The number of hydrogen-bond donors (Lipinski definition) is 3. The number of aromatic amines is 1. The smallest absolute Gasteiger partial charge is 0.257 e. The Morgan fingerprint density at radius 1 is 1.14 bits per heavy atom. The summed E-state index contributed by atoms with van der Waals surface area (Å²) in [4.78, 5) is 24.3. The summed E-state index contributed by atoms with van der Waals surface area (Å²) in [6.45, 7) is 0. The Morgan fingerprint density at radius 3 is 2.76 bits per heavy atom. The number of H-pyrrole nitrogens is 1. The second-order valence-corrected chi connectivity index (χ2v) is 4.45. The van der Waals surface area contributed by atoms with Crippen LogP contribution in [0.2, 0.25) is 0 Å². The molecule has 3 N–H and O–H groups in total. The molecule has 1 amide bonds. The van der Waals surface area contributed by atoms with Gasteiger partial charge in [-0.15, -0.1) is 0 Å². The Hall–Kier alpha value is -3.15. The van der Waals surface area contributed by atoms with Crippen molar-refractivity contribution >= 4 is 22.6 Å². The van der Waals surface area contributed by atoms with Crippen LogP contribution in [0.25, 0.3) is 10.9 Å². The molecule has 0 aliphatic heterocycles. The highest BCUT2D eigenvalue weighted by Crippen LogP contribution is 2.12. The lowest BCUT2D eigenvalue weighted by atomic mass is 10.2. The van der Waals surface area contributed by atoms with E-state index in [-0.39, 0.29) is 22.6 Å². The van der Waals surface area contributed by atoms with Crippen LogP contribution >= 0.6 is 0 Å². The van der Waals surface area contributed by atoms with Crippen molar-refractivity contribution in [1.82, 2.24) is 10.2 Å². The summed E-state index contributed by atoms with van der Waals surface area (Å²) < 4.78 is 0. The van der Waals surface area contributed by atoms with Crippen molar-refractivity contribution in [3.63, 3.8) is 0 Å². The van der Waals surface area contributed by atoms with Crippen molar-refractivity contribution in [2.45, 2.75) is 0 Å². The molecule has 0 aliphatic carbocycles.